The van der Waals surface area contributed by atoms with E-state index >= 15 is 0 Å². The molecule has 0 heterocycles. The van der Waals surface area contributed by atoms with E-state index in [0.29, 0.717) is 6.42 Å². The van der Waals surface area contributed by atoms with E-state index in [1.54, 1.807) is 13.8 Å². The van der Waals surface area contributed by atoms with Gasteiger partial charge in [-0.1, -0.05) is 13.8 Å². The van der Waals surface area contributed by atoms with Crippen LogP contribution in [0.4, 0.5) is 0 Å². The SMILES string of the molecule is CC(NC(=O)C(NC(=O)C(N)CO)C(C)C)C(=O)NC(CCCN=C(N)N)C(=O)O. The number of nitrogens with zero attached hydrogens (tertiary/aromatic N) is 1. The van der Waals surface area contributed by atoms with Gasteiger partial charge in [0.15, 0.2) is 5.96 Å². The van der Waals surface area contributed by atoms with Crippen molar-refractivity contribution in [2.45, 2.75) is 57.8 Å². The molecular weight excluding hydrogens is 398 g/mol. The van der Waals surface area contributed by atoms with Gasteiger partial charge in [-0.05, 0) is 25.7 Å². The zero-order valence-corrected chi connectivity index (χ0v) is 17.4. The molecule has 11 N–H and O–H groups in total. The lowest BCUT2D eigenvalue weighted by atomic mass is 10.0. The average Bonchev–Trinajstić information content (AvgIpc) is 2.66. The third-order valence-electron chi connectivity index (χ3n) is 4.09. The highest BCUT2D eigenvalue weighted by Gasteiger charge is 2.29. The second kappa shape index (κ2) is 13.3. The molecule has 0 aliphatic heterocycles. The van der Waals surface area contributed by atoms with Crippen molar-refractivity contribution < 1.29 is 29.4 Å². The normalized spacial score (nSPS) is 14.7. The first-order chi connectivity index (χ1) is 13.9. The zero-order valence-electron chi connectivity index (χ0n) is 17.4. The summed E-state index contributed by atoms with van der Waals surface area (Å²) >= 11 is 0. The number of aliphatic carboxylic acids is 1. The average molecular weight is 431 g/mol. The van der Waals surface area contributed by atoms with E-state index in [-0.39, 0.29) is 24.8 Å². The Labute approximate surface area is 174 Å². The molecule has 4 unspecified atom stereocenters. The van der Waals surface area contributed by atoms with Crippen LogP contribution < -0.4 is 33.2 Å². The molecule has 0 aliphatic carbocycles. The van der Waals surface area contributed by atoms with Crippen molar-refractivity contribution in [1.29, 1.82) is 0 Å². The number of carbonyl (C=O) groups excluding carboxylic acids is 3. The van der Waals surface area contributed by atoms with Gasteiger partial charge < -0.3 is 43.4 Å². The molecule has 0 radical (unpaired) electrons. The zero-order chi connectivity index (χ0) is 23.4. The van der Waals surface area contributed by atoms with Crippen molar-refractivity contribution >= 4 is 29.7 Å². The Kier molecular flexibility index (Phi) is 12.0. The van der Waals surface area contributed by atoms with Crippen molar-refractivity contribution in [3.8, 4) is 0 Å². The number of carbonyl (C=O) groups is 4. The van der Waals surface area contributed by atoms with Crippen LogP contribution in [0.25, 0.3) is 0 Å². The number of carboxylic acids is 1. The van der Waals surface area contributed by atoms with Gasteiger partial charge in [-0.3, -0.25) is 19.4 Å². The highest BCUT2D eigenvalue weighted by atomic mass is 16.4. The minimum Gasteiger partial charge on any atom is -0.480 e. The number of nitrogens with one attached hydrogen (secondary N) is 3. The Morgan fingerprint density at radius 2 is 1.57 bits per heavy atom. The number of guanidine groups is 1. The predicted octanol–water partition coefficient (Wildman–Crippen LogP) is -3.43. The molecule has 0 fully saturated rings. The fourth-order valence-electron chi connectivity index (χ4n) is 2.30. The molecular formula is C17H33N7O6. The van der Waals surface area contributed by atoms with E-state index in [1.165, 1.54) is 6.92 Å². The van der Waals surface area contributed by atoms with Gasteiger partial charge >= 0.3 is 5.97 Å². The molecule has 0 spiro atoms. The van der Waals surface area contributed by atoms with Gasteiger partial charge in [0, 0.05) is 6.54 Å². The van der Waals surface area contributed by atoms with Gasteiger partial charge in [-0.15, -0.1) is 0 Å². The summed E-state index contributed by atoms with van der Waals surface area (Å²) in [4.78, 5) is 51.7. The molecule has 0 aromatic rings. The van der Waals surface area contributed by atoms with Crippen LogP contribution in [-0.4, -0.2) is 77.2 Å². The first-order valence-electron chi connectivity index (χ1n) is 9.46. The molecule has 0 saturated carbocycles. The Bertz CT molecular complexity index is 636. The maximum absolute atomic E-state index is 12.5. The second-order valence-corrected chi connectivity index (χ2v) is 7.10. The molecule has 13 nitrogen and oxygen atoms in total. The van der Waals surface area contributed by atoms with Gasteiger partial charge in [0.05, 0.1) is 6.61 Å². The number of hydrogen-bond donors (Lipinski definition) is 8. The highest BCUT2D eigenvalue weighted by molar-refractivity contribution is 5.94. The summed E-state index contributed by atoms with van der Waals surface area (Å²) in [5.41, 5.74) is 15.8. The minimum absolute atomic E-state index is 0.0856. The Hall–Kier alpha value is -2.93. The lowest BCUT2D eigenvalue weighted by Crippen LogP contribution is -2.58. The third-order valence-corrected chi connectivity index (χ3v) is 4.09. The lowest BCUT2D eigenvalue weighted by Gasteiger charge is -2.25. The van der Waals surface area contributed by atoms with Gasteiger partial charge in [-0.2, -0.15) is 0 Å². The number of amides is 3. The Balaban J connectivity index is 4.88. The molecule has 0 aromatic heterocycles. The van der Waals surface area contributed by atoms with Gasteiger partial charge in [0.1, 0.15) is 24.2 Å². The summed E-state index contributed by atoms with van der Waals surface area (Å²) in [6.45, 7) is 4.36. The number of aliphatic hydroxyl groups is 1. The predicted molar refractivity (Wildman–Crippen MR) is 109 cm³/mol. The van der Waals surface area contributed by atoms with E-state index < -0.39 is 54.5 Å². The van der Waals surface area contributed by atoms with Crippen LogP contribution in [0, 0.1) is 5.92 Å². The minimum atomic E-state index is -1.24. The van der Waals surface area contributed by atoms with Crippen molar-refractivity contribution in [3.05, 3.63) is 0 Å². The van der Waals surface area contributed by atoms with Crippen LogP contribution in [-0.2, 0) is 19.2 Å². The molecule has 0 aromatic carbocycles. The quantitative estimate of drug-likeness (QED) is 0.0821. The van der Waals surface area contributed by atoms with E-state index in [2.05, 4.69) is 20.9 Å². The number of aliphatic imine (C=N–C) groups is 1. The molecule has 0 bridgehead atoms. The van der Waals surface area contributed by atoms with Crippen LogP contribution in [0.15, 0.2) is 4.99 Å². The lowest BCUT2D eigenvalue weighted by molar-refractivity contribution is -0.142. The summed E-state index contributed by atoms with van der Waals surface area (Å²) in [7, 11) is 0. The molecule has 172 valence electrons. The molecule has 30 heavy (non-hydrogen) atoms. The smallest absolute Gasteiger partial charge is 0.326 e. The maximum Gasteiger partial charge on any atom is 0.326 e. The number of hydrogen-bond acceptors (Lipinski definition) is 7. The molecule has 13 heteroatoms. The number of nitrogens with two attached hydrogens (primary N) is 3. The van der Waals surface area contributed by atoms with Crippen molar-refractivity contribution in [3.63, 3.8) is 0 Å². The summed E-state index contributed by atoms with van der Waals surface area (Å²) in [5, 5.41) is 25.4. The van der Waals surface area contributed by atoms with Crippen molar-refractivity contribution in [1.82, 2.24) is 16.0 Å². The molecule has 3 amide bonds. The maximum atomic E-state index is 12.5. The molecule has 0 aliphatic rings. The van der Waals surface area contributed by atoms with Gasteiger partial charge in [-0.25, -0.2) is 4.79 Å². The Morgan fingerprint density at radius 3 is 2.03 bits per heavy atom. The second-order valence-electron chi connectivity index (χ2n) is 7.10. The summed E-state index contributed by atoms with van der Waals surface area (Å²) in [5.74, 6) is -3.76. The van der Waals surface area contributed by atoms with Crippen molar-refractivity contribution in [2.24, 2.45) is 28.1 Å². The monoisotopic (exact) mass is 431 g/mol. The third kappa shape index (κ3) is 10.0. The number of aliphatic hydroxyl groups excluding tert-OH is 1. The fourth-order valence-corrected chi connectivity index (χ4v) is 2.30. The van der Waals surface area contributed by atoms with Crippen molar-refractivity contribution in [2.75, 3.05) is 13.2 Å². The summed E-state index contributed by atoms with van der Waals surface area (Å²) < 4.78 is 0. The Morgan fingerprint density at radius 1 is 0.967 bits per heavy atom. The summed E-state index contributed by atoms with van der Waals surface area (Å²) in [6, 6.07) is -4.44. The highest BCUT2D eigenvalue weighted by Crippen LogP contribution is 2.04. The van der Waals surface area contributed by atoms with Crippen LogP contribution in [0.5, 0.6) is 0 Å². The molecule has 4 atom stereocenters. The van der Waals surface area contributed by atoms with E-state index in [1.807, 2.05) is 0 Å². The van der Waals surface area contributed by atoms with Gasteiger partial charge in [0.2, 0.25) is 17.7 Å². The molecule has 0 rings (SSSR count). The van der Waals surface area contributed by atoms with E-state index in [0.717, 1.165) is 0 Å². The topological polar surface area (TPSA) is 235 Å². The van der Waals surface area contributed by atoms with Crippen LogP contribution in [0.3, 0.4) is 0 Å². The standard InChI is InChI=1S/C17H33N7O6/c1-8(2)12(24-14(27)10(18)7-25)15(28)22-9(3)13(26)23-11(16(29)30)5-4-6-21-17(19)20/h8-12,25H,4-7,18H2,1-3H3,(H,22,28)(H,23,26)(H,24,27)(H,29,30)(H4,19,20,21). The molecule has 0 saturated heterocycles. The summed E-state index contributed by atoms with van der Waals surface area (Å²) in [6.07, 6.45) is 0.407. The van der Waals surface area contributed by atoms with E-state index in [9.17, 15) is 24.3 Å². The first kappa shape index (κ1) is 27.1. The van der Waals surface area contributed by atoms with Crippen LogP contribution >= 0.6 is 0 Å². The van der Waals surface area contributed by atoms with Crippen LogP contribution in [0.2, 0.25) is 0 Å². The van der Waals surface area contributed by atoms with E-state index in [4.69, 9.17) is 22.3 Å². The van der Waals surface area contributed by atoms with Crippen LogP contribution in [0.1, 0.15) is 33.6 Å². The first-order valence-corrected chi connectivity index (χ1v) is 9.46. The largest absolute Gasteiger partial charge is 0.480 e. The van der Waals surface area contributed by atoms with Gasteiger partial charge in [0.25, 0.3) is 0 Å². The fraction of sp³-hybridized carbons (Fsp3) is 0.706. The number of carboxylic acid groups (broad SMARTS) is 1. The number of rotatable bonds is 13.